The van der Waals surface area contributed by atoms with Gasteiger partial charge >= 0.3 is 11.9 Å². The van der Waals surface area contributed by atoms with Crippen LogP contribution in [-0.2, 0) is 10.2 Å². The lowest BCUT2D eigenvalue weighted by molar-refractivity contribution is -0.129. The molecule has 0 saturated heterocycles. The number of rotatable bonds is 7. The zero-order chi connectivity index (χ0) is 20.5. The number of ketones is 1. The normalized spacial score (nSPS) is 23.6. The molecule has 1 saturated carbocycles. The lowest BCUT2D eigenvalue weighted by atomic mass is 9.46. The van der Waals surface area contributed by atoms with Gasteiger partial charge in [-0.2, -0.15) is 0 Å². The summed E-state index contributed by atoms with van der Waals surface area (Å²) in [5, 5.41) is 18.3. The summed E-state index contributed by atoms with van der Waals surface area (Å²) in [7, 11) is 0. The molecule has 5 heteroatoms. The van der Waals surface area contributed by atoms with Gasteiger partial charge in [-0.1, -0.05) is 37.6 Å². The quantitative estimate of drug-likeness (QED) is 0.737. The fourth-order valence-corrected chi connectivity index (χ4v) is 4.79. The van der Waals surface area contributed by atoms with Crippen LogP contribution in [0.15, 0.2) is 48.5 Å². The molecule has 2 N–H and O–H groups in total. The molecular weight excluding hydrogens is 356 g/mol. The van der Waals surface area contributed by atoms with E-state index in [-0.39, 0.29) is 28.7 Å². The van der Waals surface area contributed by atoms with Crippen LogP contribution in [0.5, 0.6) is 0 Å². The summed E-state index contributed by atoms with van der Waals surface area (Å²) in [5.74, 6) is -1.86. The average Bonchev–Trinajstić information content (AvgIpc) is 2.65. The second kappa shape index (κ2) is 7.58. The van der Waals surface area contributed by atoms with Crippen molar-refractivity contribution in [2.24, 2.45) is 5.92 Å². The van der Waals surface area contributed by atoms with Gasteiger partial charge in [0.15, 0.2) is 0 Å². The lowest BCUT2D eigenvalue weighted by Gasteiger charge is -2.56. The first-order valence-corrected chi connectivity index (χ1v) is 9.48. The van der Waals surface area contributed by atoms with Crippen molar-refractivity contribution in [1.29, 1.82) is 0 Å². The number of carboxylic acids is 2. The van der Waals surface area contributed by atoms with Gasteiger partial charge in [0.05, 0.1) is 11.1 Å². The smallest absolute Gasteiger partial charge is 0.335 e. The Balaban J connectivity index is 2.07. The van der Waals surface area contributed by atoms with Crippen LogP contribution in [0.25, 0.3) is 0 Å². The predicted molar refractivity (Wildman–Crippen MR) is 105 cm³/mol. The first kappa shape index (κ1) is 19.8. The van der Waals surface area contributed by atoms with E-state index in [1.807, 2.05) is 24.3 Å². The molecule has 0 spiro atoms. The second-order valence-electron chi connectivity index (χ2n) is 7.55. The zero-order valence-electron chi connectivity index (χ0n) is 16.0. The maximum Gasteiger partial charge on any atom is 0.335 e. The van der Waals surface area contributed by atoms with Gasteiger partial charge in [0.25, 0.3) is 0 Å². The Morgan fingerprint density at radius 2 is 1.43 bits per heavy atom. The van der Waals surface area contributed by atoms with Crippen LogP contribution < -0.4 is 0 Å². The van der Waals surface area contributed by atoms with Crippen molar-refractivity contribution in [3.05, 3.63) is 70.8 Å². The zero-order valence-corrected chi connectivity index (χ0v) is 16.0. The van der Waals surface area contributed by atoms with Crippen LogP contribution in [0.4, 0.5) is 0 Å². The van der Waals surface area contributed by atoms with E-state index in [1.165, 1.54) is 0 Å². The van der Waals surface area contributed by atoms with Crippen LogP contribution in [0.2, 0.25) is 0 Å². The summed E-state index contributed by atoms with van der Waals surface area (Å²) >= 11 is 0. The summed E-state index contributed by atoms with van der Waals surface area (Å²) in [4.78, 5) is 34.8. The topological polar surface area (TPSA) is 91.7 Å². The number of carbonyl (C=O) groups excluding carboxylic acids is 1. The van der Waals surface area contributed by atoms with Gasteiger partial charge in [-0.05, 0) is 61.1 Å². The van der Waals surface area contributed by atoms with Gasteiger partial charge in [0.2, 0.25) is 0 Å². The number of benzene rings is 2. The summed E-state index contributed by atoms with van der Waals surface area (Å²) < 4.78 is 0. The van der Waals surface area contributed by atoms with Gasteiger partial charge in [-0.25, -0.2) is 9.59 Å². The van der Waals surface area contributed by atoms with E-state index in [2.05, 4.69) is 6.92 Å². The molecule has 0 heterocycles. The third kappa shape index (κ3) is 3.21. The van der Waals surface area contributed by atoms with Crippen molar-refractivity contribution in [2.45, 2.75) is 44.4 Å². The Labute approximate surface area is 164 Å². The van der Waals surface area contributed by atoms with Gasteiger partial charge in [0, 0.05) is 11.3 Å². The summed E-state index contributed by atoms with van der Waals surface area (Å²) in [5.41, 5.74) is 2.04. The molecule has 2 unspecified atom stereocenters. The first-order valence-electron chi connectivity index (χ1n) is 9.48. The fraction of sp³-hybridized carbons (Fsp3) is 0.348. The molecule has 146 valence electrons. The average molecular weight is 380 g/mol. The van der Waals surface area contributed by atoms with E-state index in [0.717, 1.165) is 24.0 Å². The molecule has 28 heavy (non-hydrogen) atoms. The van der Waals surface area contributed by atoms with Crippen molar-refractivity contribution in [1.82, 2.24) is 0 Å². The van der Waals surface area contributed by atoms with Gasteiger partial charge in [-0.15, -0.1) is 0 Å². The Hall–Kier alpha value is -2.95. The van der Waals surface area contributed by atoms with Crippen LogP contribution >= 0.6 is 0 Å². The van der Waals surface area contributed by atoms with E-state index in [9.17, 15) is 19.5 Å². The van der Waals surface area contributed by atoms with Crippen molar-refractivity contribution in [3.63, 3.8) is 0 Å². The molecule has 0 aliphatic heterocycles. The molecule has 1 aliphatic carbocycles. The molecular formula is C23H24O5. The largest absolute Gasteiger partial charge is 0.478 e. The highest BCUT2D eigenvalue weighted by molar-refractivity contribution is 5.88. The highest BCUT2D eigenvalue weighted by Crippen LogP contribution is 2.61. The molecule has 0 amide bonds. The number of carboxylic acid groups (broad SMARTS) is 2. The standard InChI is InChI=1S/C23H24O5/c1-3-12-23(18-10-8-17(9-11-18)22(27)28)19(14(2)24)13-20(23)15-4-6-16(7-5-15)21(25)26/h4-11,19-20H,3,12-13H2,1-2H3,(H,25,26)(H,27,28)/t19?,20?,23-/m1/s1. The minimum absolute atomic E-state index is 0.0832. The van der Waals surface area contributed by atoms with Crippen molar-refractivity contribution < 1.29 is 24.6 Å². The molecule has 0 aromatic heterocycles. The Morgan fingerprint density at radius 1 is 0.929 bits per heavy atom. The minimum atomic E-state index is -0.978. The number of carbonyl (C=O) groups is 3. The van der Waals surface area contributed by atoms with Crippen LogP contribution in [0.1, 0.15) is 70.9 Å². The van der Waals surface area contributed by atoms with E-state index in [4.69, 9.17) is 5.11 Å². The van der Waals surface area contributed by atoms with E-state index in [0.29, 0.717) is 6.42 Å². The summed E-state index contributed by atoms with van der Waals surface area (Å²) in [6.07, 6.45) is 2.39. The first-order chi connectivity index (χ1) is 13.3. The Morgan fingerprint density at radius 3 is 1.86 bits per heavy atom. The second-order valence-corrected chi connectivity index (χ2v) is 7.55. The lowest BCUT2D eigenvalue weighted by Crippen LogP contribution is -2.54. The molecule has 0 bridgehead atoms. The van der Waals surface area contributed by atoms with E-state index < -0.39 is 17.4 Å². The third-order valence-electron chi connectivity index (χ3n) is 6.10. The summed E-state index contributed by atoms with van der Waals surface area (Å²) in [6.45, 7) is 3.69. The van der Waals surface area contributed by atoms with E-state index >= 15 is 0 Å². The fourth-order valence-electron chi connectivity index (χ4n) is 4.79. The van der Waals surface area contributed by atoms with Crippen molar-refractivity contribution >= 4 is 17.7 Å². The number of Topliss-reactive ketones (excluding diaryl/α,β-unsaturated/α-hetero) is 1. The highest BCUT2D eigenvalue weighted by atomic mass is 16.4. The molecule has 1 fully saturated rings. The monoisotopic (exact) mass is 380 g/mol. The van der Waals surface area contributed by atoms with Crippen molar-refractivity contribution in [3.8, 4) is 0 Å². The molecule has 2 aromatic rings. The SMILES string of the molecule is CCC[C@@]1(c2ccc(C(=O)O)cc2)C(C(C)=O)CC1c1ccc(C(=O)O)cc1. The predicted octanol–water partition coefficient (Wildman–Crippen LogP) is 4.51. The highest BCUT2D eigenvalue weighted by Gasteiger charge is 2.57. The van der Waals surface area contributed by atoms with E-state index in [1.54, 1.807) is 31.2 Å². The Bertz CT molecular complexity index is 898. The van der Waals surface area contributed by atoms with Gasteiger partial charge in [-0.3, -0.25) is 4.79 Å². The summed E-state index contributed by atoms with van der Waals surface area (Å²) in [6, 6.07) is 13.7. The number of aromatic carboxylic acids is 2. The van der Waals surface area contributed by atoms with Crippen LogP contribution in [0.3, 0.4) is 0 Å². The maximum absolute atomic E-state index is 12.4. The minimum Gasteiger partial charge on any atom is -0.478 e. The van der Waals surface area contributed by atoms with Crippen molar-refractivity contribution in [2.75, 3.05) is 0 Å². The molecule has 1 aliphatic rings. The van der Waals surface area contributed by atoms with Crippen LogP contribution in [0, 0.1) is 5.92 Å². The van der Waals surface area contributed by atoms with Gasteiger partial charge in [0.1, 0.15) is 5.78 Å². The molecule has 0 radical (unpaired) electrons. The molecule has 3 rings (SSSR count). The molecule has 3 atom stereocenters. The molecule has 5 nitrogen and oxygen atoms in total. The van der Waals surface area contributed by atoms with Gasteiger partial charge < -0.3 is 10.2 Å². The maximum atomic E-state index is 12.4. The number of hydrogen-bond donors (Lipinski definition) is 2. The molecule has 2 aromatic carbocycles. The third-order valence-corrected chi connectivity index (χ3v) is 6.10. The number of hydrogen-bond acceptors (Lipinski definition) is 3. The Kier molecular flexibility index (Phi) is 5.36. The van der Waals surface area contributed by atoms with Crippen LogP contribution in [-0.4, -0.2) is 27.9 Å².